The van der Waals surface area contributed by atoms with Gasteiger partial charge in [-0.1, -0.05) is 18.2 Å². The van der Waals surface area contributed by atoms with Gasteiger partial charge in [-0.2, -0.15) is 0 Å². The summed E-state index contributed by atoms with van der Waals surface area (Å²) in [6.45, 7) is 0.204. The topological polar surface area (TPSA) is 124 Å². The summed E-state index contributed by atoms with van der Waals surface area (Å²) in [6.07, 6.45) is -3.15. The number of aliphatic hydroxyl groups excluding tert-OH is 4. The lowest BCUT2D eigenvalue weighted by atomic mass is 9.99. The molecule has 0 saturated carbocycles. The quantitative estimate of drug-likeness (QED) is 0.409. The number of hydrogen-bond acceptors (Lipinski definition) is 7. The summed E-state index contributed by atoms with van der Waals surface area (Å²) in [5, 5.41) is 40.6. The number of H-pyrrole nitrogens is 1. The SMILES string of the molecule is OC[C@H]1O[C@@H](Oc2cccc3[nH]cc(Cc4ccc5c(c4)CCO5)c23)[C@H](O)[C@@H](O)[C@@H]1O. The van der Waals surface area contributed by atoms with E-state index in [1.165, 1.54) is 5.56 Å². The Balaban J connectivity index is 1.44. The summed E-state index contributed by atoms with van der Waals surface area (Å²) in [4.78, 5) is 3.25. The highest BCUT2D eigenvalue weighted by Crippen LogP contribution is 2.34. The minimum atomic E-state index is -1.49. The maximum absolute atomic E-state index is 10.3. The van der Waals surface area contributed by atoms with Gasteiger partial charge in [0.2, 0.25) is 6.29 Å². The zero-order valence-electron chi connectivity index (χ0n) is 16.8. The Hall–Kier alpha value is -2.62. The second kappa shape index (κ2) is 8.14. The largest absolute Gasteiger partial charge is 0.493 e. The number of hydrogen-bond donors (Lipinski definition) is 5. The van der Waals surface area contributed by atoms with Gasteiger partial charge in [-0.15, -0.1) is 0 Å². The molecule has 2 aliphatic rings. The number of rotatable bonds is 5. The molecule has 3 heterocycles. The summed E-state index contributed by atoms with van der Waals surface area (Å²) in [6, 6.07) is 11.7. The van der Waals surface area contributed by atoms with Crippen LogP contribution in [0.5, 0.6) is 11.5 Å². The Morgan fingerprint density at radius 1 is 1.06 bits per heavy atom. The molecule has 0 unspecified atom stereocenters. The molecule has 164 valence electrons. The molecule has 0 aliphatic carbocycles. The van der Waals surface area contributed by atoms with Crippen molar-refractivity contribution in [3.8, 4) is 11.5 Å². The van der Waals surface area contributed by atoms with E-state index in [0.29, 0.717) is 18.8 Å². The van der Waals surface area contributed by atoms with Gasteiger partial charge in [-0.3, -0.25) is 0 Å². The van der Waals surface area contributed by atoms with E-state index < -0.39 is 37.3 Å². The number of benzene rings is 2. The summed E-state index contributed by atoms with van der Waals surface area (Å²) >= 11 is 0. The molecule has 1 fully saturated rings. The van der Waals surface area contributed by atoms with E-state index >= 15 is 0 Å². The van der Waals surface area contributed by atoms with Crippen LogP contribution >= 0.6 is 0 Å². The molecule has 2 aromatic carbocycles. The first-order valence-electron chi connectivity index (χ1n) is 10.4. The van der Waals surface area contributed by atoms with Gasteiger partial charge < -0.3 is 39.6 Å². The van der Waals surface area contributed by atoms with Crippen molar-refractivity contribution in [2.24, 2.45) is 0 Å². The van der Waals surface area contributed by atoms with E-state index in [9.17, 15) is 20.4 Å². The van der Waals surface area contributed by atoms with Crippen LogP contribution in [0.25, 0.3) is 10.9 Å². The van der Waals surface area contributed by atoms with Crippen LogP contribution in [0.2, 0.25) is 0 Å². The molecule has 1 saturated heterocycles. The molecule has 5 N–H and O–H groups in total. The van der Waals surface area contributed by atoms with Crippen LogP contribution in [0, 0.1) is 0 Å². The highest BCUT2D eigenvalue weighted by Gasteiger charge is 2.44. The molecule has 2 aliphatic heterocycles. The maximum atomic E-state index is 10.3. The average molecular weight is 427 g/mol. The number of nitrogens with one attached hydrogen (secondary N) is 1. The molecule has 3 aromatic rings. The molecule has 8 heteroatoms. The van der Waals surface area contributed by atoms with Crippen molar-refractivity contribution in [2.75, 3.05) is 13.2 Å². The van der Waals surface area contributed by atoms with Crippen LogP contribution in [-0.4, -0.2) is 69.3 Å². The average Bonchev–Trinajstić information content (AvgIpc) is 3.41. The zero-order chi connectivity index (χ0) is 21.5. The second-order valence-corrected chi connectivity index (χ2v) is 8.03. The molecule has 0 spiro atoms. The third-order valence-corrected chi connectivity index (χ3v) is 5.99. The van der Waals surface area contributed by atoms with Gasteiger partial charge in [-0.05, 0) is 41.3 Å². The highest BCUT2D eigenvalue weighted by molar-refractivity contribution is 5.89. The Kier molecular flexibility index (Phi) is 5.33. The standard InChI is InChI=1S/C23H25NO7/c25-11-18-20(26)21(27)22(28)23(31-18)30-17-3-1-2-15-19(17)14(10-24-15)9-12-4-5-16-13(8-12)6-7-29-16/h1-5,8,10,18,20-28H,6-7,9,11H2/t18-,20-,21+,22-,23-/m1/s1. The minimum absolute atomic E-state index is 0.475. The fourth-order valence-electron chi connectivity index (χ4n) is 4.32. The van der Waals surface area contributed by atoms with E-state index in [2.05, 4.69) is 11.1 Å². The van der Waals surface area contributed by atoms with Crippen molar-refractivity contribution >= 4 is 10.9 Å². The van der Waals surface area contributed by atoms with Crippen molar-refractivity contribution in [3.63, 3.8) is 0 Å². The minimum Gasteiger partial charge on any atom is -0.493 e. The van der Waals surface area contributed by atoms with Gasteiger partial charge in [0.05, 0.1) is 13.2 Å². The van der Waals surface area contributed by atoms with Gasteiger partial charge >= 0.3 is 0 Å². The smallest absolute Gasteiger partial charge is 0.229 e. The Morgan fingerprint density at radius 3 is 2.77 bits per heavy atom. The summed E-state index contributed by atoms with van der Waals surface area (Å²) in [5.74, 6) is 1.41. The highest BCUT2D eigenvalue weighted by atomic mass is 16.7. The molecule has 8 nitrogen and oxygen atoms in total. The van der Waals surface area contributed by atoms with Crippen molar-refractivity contribution in [2.45, 2.75) is 43.5 Å². The molecule has 0 bridgehead atoms. The van der Waals surface area contributed by atoms with Crippen LogP contribution in [0.1, 0.15) is 16.7 Å². The third kappa shape index (κ3) is 3.66. The Bertz CT molecular complexity index is 1080. The number of aromatic nitrogens is 1. The maximum Gasteiger partial charge on any atom is 0.229 e. The third-order valence-electron chi connectivity index (χ3n) is 5.99. The predicted molar refractivity (Wildman–Crippen MR) is 111 cm³/mol. The van der Waals surface area contributed by atoms with Gasteiger partial charge in [-0.25, -0.2) is 0 Å². The van der Waals surface area contributed by atoms with E-state index in [4.69, 9.17) is 14.2 Å². The van der Waals surface area contributed by atoms with Crippen molar-refractivity contribution < 1.29 is 34.6 Å². The van der Waals surface area contributed by atoms with Crippen molar-refractivity contribution in [1.29, 1.82) is 0 Å². The number of aliphatic hydroxyl groups is 4. The van der Waals surface area contributed by atoms with E-state index in [1.54, 1.807) is 6.07 Å². The monoisotopic (exact) mass is 427 g/mol. The molecule has 0 amide bonds. The fourth-order valence-corrected chi connectivity index (χ4v) is 4.32. The summed E-state index contributed by atoms with van der Waals surface area (Å²) in [7, 11) is 0. The van der Waals surface area contributed by atoms with Gasteiger partial charge in [0, 0.05) is 23.5 Å². The van der Waals surface area contributed by atoms with E-state index in [-0.39, 0.29) is 0 Å². The van der Waals surface area contributed by atoms with Crippen LogP contribution in [0.4, 0.5) is 0 Å². The lowest BCUT2D eigenvalue weighted by Gasteiger charge is -2.39. The van der Waals surface area contributed by atoms with Gasteiger partial charge in [0.1, 0.15) is 35.9 Å². The molecule has 5 atom stereocenters. The van der Waals surface area contributed by atoms with Crippen LogP contribution in [0.3, 0.4) is 0 Å². The predicted octanol–water partition coefficient (Wildman–Crippen LogP) is 0.872. The lowest BCUT2D eigenvalue weighted by molar-refractivity contribution is -0.277. The molecular weight excluding hydrogens is 402 g/mol. The summed E-state index contributed by atoms with van der Waals surface area (Å²) < 4.78 is 17.0. The molecule has 31 heavy (non-hydrogen) atoms. The van der Waals surface area contributed by atoms with Crippen LogP contribution in [0.15, 0.2) is 42.6 Å². The zero-order valence-corrected chi connectivity index (χ0v) is 16.8. The Labute approximate surface area is 178 Å². The molecular formula is C23H25NO7. The van der Waals surface area contributed by atoms with Gasteiger partial charge in [0.15, 0.2) is 0 Å². The Morgan fingerprint density at radius 2 is 1.94 bits per heavy atom. The molecule has 5 rings (SSSR count). The first-order valence-corrected chi connectivity index (χ1v) is 10.4. The van der Waals surface area contributed by atoms with Crippen LogP contribution < -0.4 is 9.47 Å². The van der Waals surface area contributed by atoms with E-state index in [1.807, 2.05) is 30.5 Å². The molecule has 1 aromatic heterocycles. The van der Waals surface area contributed by atoms with E-state index in [0.717, 1.165) is 34.2 Å². The van der Waals surface area contributed by atoms with Gasteiger partial charge in [0.25, 0.3) is 0 Å². The number of aromatic amines is 1. The summed E-state index contributed by atoms with van der Waals surface area (Å²) in [5.41, 5.74) is 4.22. The first-order chi connectivity index (χ1) is 15.0. The number of fused-ring (bicyclic) bond motifs is 2. The lowest BCUT2D eigenvalue weighted by Crippen LogP contribution is -2.60. The van der Waals surface area contributed by atoms with Crippen molar-refractivity contribution in [1.82, 2.24) is 4.98 Å². The van der Waals surface area contributed by atoms with Crippen LogP contribution in [-0.2, 0) is 17.6 Å². The first kappa shape index (κ1) is 20.3. The normalized spacial score (nSPS) is 27.8. The second-order valence-electron chi connectivity index (χ2n) is 8.03. The number of ether oxygens (including phenoxy) is 3. The molecule has 0 radical (unpaired) electrons. The van der Waals surface area contributed by atoms with Crippen molar-refractivity contribution in [3.05, 3.63) is 59.3 Å². The fraction of sp³-hybridized carbons (Fsp3) is 0.391.